The van der Waals surface area contributed by atoms with E-state index in [-0.39, 0.29) is 5.97 Å². The SMILES string of the molecule is C=C(C)C(=O)OCCOCC.C=CC(=O)OC(O)C(C)O. The van der Waals surface area contributed by atoms with E-state index in [0.29, 0.717) is 25.4 Å². The molecule has 2 N–H and O–H groups in total. The van der Waals surface area contributed by atoms with Crippen molar-refractivity contribution in [2.24, 2.45) is 0 Å². The topological polar surface area (TPSA) is 102 Å². The fourth-order valence-electron chi connectivity index (χ4n) is 0.726. The Morgan fingerprint density at radius 2 is 1.86 bits per heavy atom. The lowest BCUT2D eigenvalue weighted by molar-refractivity contribution is -0.178. The second kappa shape index (κ2) is 13.3. The number of aliphatic hydroxyl groups excluding tert-OH is 2. The zero-order valence-electron chi connectivity index (χ0n) is 12.7. The number of rotatable bonds is 8. The highest BCUT2D eigenvalue weighted by molar-refractivity contribution is 5.86. The smallest absolute Gasteiger partial charge is 0.333 e. The lowest BCUT2D eigenvalue weighted by Crippen LogP contribution is -2.27. The molecule has 0 aliphatic rings. The number of hydrogen-bond acceptors (Lipinski definition) is 7. The Bertz CT molecular complexity index is 336. The van der Waals surface area contributed by atoms with Gasteiger partial charge in [0.15, 0.2) is 0 Å². The van der Waals surface area contributed by atoms with Crippen molar-refractivity contribution >= 4 is 11.9 Å². The first kappa shape index (κ1) is 21.6. The first-order valence-corrected chi connectivity index (χ1v) is 6.35. The van der Waals surface area contributed by atoms with Crippen LogP contribution in [0.15, 0.2) is 24.8 Å². The highest BCUT2D eigenvalue weighted by Crippen LogP contribution is 1.94. The highest BCUT2D eigenvalue weighted by atomic mass is 16.6. The van der Waals surface area contributed by atoms with Gasteiger partial charge >= 0.3 is 11.9 Å². The van der Waals surface area contributed by atoms with Gasteiger partial charge in [0, 0.05) is 18.3 Å². The number of ether oxygens (including phenoxy) is 3. The van der Waals surface area contributed by atoms with Crippen LogP contribution in [-0.4, -0.2) is 54.4 Å². The Labute approximate surface area is 124 Å². The van der Waals surface area contributed by atoms with Crippen molar-refractivity contribution in [3.8, 4) is 0 Å². The number of aliphatic hydroxyl groups is 2. The molecule has 0 rings (SSSR count). The summed E-state index contributed by atoms with van der Waals surface area (Å²) >= 11 is 0. The van der Waals surface area contributed by atoms with Crippen LogP contribution in [0.4, 0.5) is 0 Å². The predicted octanol–water partition coefficient (Wildman–Crippen LogP) is 0.557. The van der Waals surface area contributed by atoms with E-state index >= 15 is 0 Å². The van der Waals surface area contributed by atoms with E-state index in [1.54, 1.807) is 6.92 Å². The molecule has 7 nitrogen and oxygen atoms in total. The van der Waals surface area contributed by atoms with Gasteiger partial charge in [0.05, 0.1) is 6.61 Å². The van der Waals surface area contributed by atoms with Gasteiger partial charge in [0.2, 0.25) is 6.29 Å². The van der Waals surface area contributed by atoms with Crippen LogP contribution in [0.2, 0.25) is 0 Å². The minimum absolute atomic E-state index is 0.305. The van der Waals surface area contributed by atoms with Gasteiger partial charge in [0.25, 0.3) is 0 Å². The zero-order valence-corrected chi connectivity index (χ0v) is 12.7. The summed E-state index contributed by atoms with van der Waals surface area (Å²) in [5, 5.41) is 17.3. The lowest BCUT2D eigenvalue weighted by Gasteiger charge is -2.12. The zero-order chi connectivity index (χ0) is 16.8. The Morgan fingerprint density at radius 1 is 1.29 bits per heavy atom. The normalized spacial score (nSPS) is 12.2. The van der Waals surface area contributed by atoms with E-state index in [9.17, 15) is 9.59 Å². The summed E-state index contributed by atoms with van der Waals surface area (Å²) in [5.41, 5.74) is 0.418. The minimum Gasteiger partial charge on any atom is -0.460 e. The summed E-state index contributed by atoms with van der Waals surface area (Å²) in [5.74, 6) is -1.11. The molecular formula is C14H24O7. The number of carbonyl (C=O) groups is 2. The number of carbonyl (C=O) groups excluding carboxylic acids is 2. The van der Waals surface area contributed by atoms with Crippen LogP contribution in [0.5, 0.6) is 0 Å². The first-order chi connectivity index (χ1) is 9.76. The molecule has 0 bridgehead atoms. The summed E-state index contributed by atoms with van der Waals surface area (Å²) in [6.45, 7) is 12.8. The Hall–Kier alpha value is -1.70. The fraction of sp³-hybridized carbons (Fsp3) is 0.571. The number of esters is 2. The first-order valence-electron chi connectivity index (χ1n) is 6.35. The van der Waals surface area contributed by atoms with Gasteiger partial charge in [-0.1, -0.05) is 13.2 Å². The van der Waals surface area contributed by atoms with Crippen LogP contribution in [0.25, 0.3) is 0 Å². The molecule has 0 aliphatic heterocycles. The maximum atomic E-state index is 10.7. The summed E-state index contributed by atoms with van der Waals surface area (Å²) in [6.07, 6.45) is -1.64. The third-order valence-corrected chi connectivity index (χ3v) is 1.83. The van der Waals surface area contributed by atoms with Crippen molar-refractivity contribution < 1.29 is 34.0 Å². The van der Waals surface area contributed by atoms with E-state index in [4.69, 9.17) is 19.7 Å². The van der Waals surface area contributed by atoms with Crippen molar-refractivity contribution in [2.75, 3.05) is 19.8 Å². The van der Waals surface area contributed by atoms with Crippen molar-refractivity contribution in [2.45, 2.75) is 33.2 Å². The van der Waals surface area contributed by atoms with Gasteiger partial charge in [-0.05, 0) is 20.8 Å². The average Bonchev–Trinajstić information content (AvgIpc) is 2.43. The van der Waals surface area contributed by atoms with Crippen molar-refractivity contribution in [3.63, 3.8) is 0 Å². The maximum absolute atomic E-state index is 10.7. The predicted molar refractivity (Wildman–Crippen MR) is 76.2 cm³/mol. The Morgan fingerprint density at radius 3 is 2.24 bits per heavy atom. The van der Waals surface area contributed by atoms with Gasteiger partial charge in [-0.25, -0.2) is 9.59 Å². The quantitative estimate of drug-likeness (QED) is 0.292. The third kappa shape index (κ3) is 14.5. The van der Waals surface area contributed by atoms with Crippen LogP contribution in [0.1, 0.15) is 20.8 Å². The van der Waals surface area contributed by atoms with Crippen LogP contribution in [0, 0.1) is 0 Å². The van der Waals surface area contributed by atoms with Gasteiger partial charge in [0.1, 0.15) is 12.7 Å². The van der Waals surface area contributed by atoms with Gasteiger partial charge in [-0.2, -0.15) is 0 Å². The van der Waals surface area contributed by atoms with Crippen molar-refractivity contribution in [3.05, 3.63) is 24.8 Å². The molecule has 0 aliphatic carbocycles. The molecule has 0 amide bonds. The molecule has 0 heterocycles. The molecular weight excluding hydrogens is 280 g/mol. The second-order valence-corrected chi connectivity index (χ2v) is 3.89. The molecule has 2 unspecified atom stereocenters. The summed E-state index contributed by atoms with van der Waals surface area (Å²) in [7, 11) is 0. The average molecular weight is 304 g/mol. The molecule has 0 aromatic heterocycles. The van der Waals surface area contributed by atoms with E-state index in [1.807, 2.05) is 6.92 Å². The third-order valence-electron chi connectivity index (χ3n) is 1.83. The highest BCUT2D eigenvalue weighted by Gasteiger charge is 2.13. The van der Waals surface area contributed by atoms with E-state index in [1.165, 1.54) is 6.92 Å². The molecule has 21 heavy (non-hydrogen) atoms. The van der Waals surface area contributed by atoms with Gasteiger partial charge < -0.3 is 24.4 Å². The Balaban J connectivity index is 0. The molecule has 2 atom stereocenters. The van der Waals surface area contributed by atoms with Crippen LogP contribution in [0.3, 0.4) is 0 Å². The molecule has 0 saturated heterocycles. The van der Waals surface area contributed by atoms with E-state index < -0.39 is 18.4 Å². The summed E-state index contributed by atoms with van der Waals surface area (Å²) in [4.78, 5) is 21.0. The van der Waals surface area contributed by atoms with Crippen LogP contribution >= 0.6 is 0 Å². The lowest BCUT2D eigenvalue weighted by atomic mass is 10.4. The molecule has 0 fully saturated rings. The molecule has 7 heteroatoms. The molecule has 0 saturated carbocycles. The van der Waals surface area contributed by atoms with Gasteiger partial charge in [-0.3, -0.25) is 0 Å². The maximum Gasteiger partial charge on any atom is 0.333 e. The van der Waals surface area contributed by atoms with Gasteiger partial charge in [-0.15, -0.1) is 0 Å². The minimum atomic E-state index is -1.47. The standard InChI is InChI=1S/C8H14O3.C6H10O4/c1-4-10-5-6-11-8(9)7(2)3;1-3-5(8)10-6(9)4(2)7/h2,4-6H2,1,3H3;3-4,6-7,9H,1H2,2H3. The van der Waals surface area contributed by atoms with Crippen LogP contribution in [-0.2, 0) is 23.8 Å². The molecule has 0 aromatic rings. The summed E-state index contributed by atoms with van der Waals surface area (Å²) < 4.78 is 13.9. The van der Waals surface area contributed by atoms with E-state index in [0.717, 1.165) is 6.08 Å². The van der Waals surface area contributed by atoms with Crippen molar-refractivity contribution in [1.29, 1.82) is 0 Å². The van der Waals surface area contributed by atoms with Crippen LogP contribution < -0.4 is 0 Å². The monoisotopic (exact) mass is 304 g/mol. The molecule has 0 spiro atoms. The molecule has 122 valence electrons. The second-order valence-electron chi connectivity index (χ2n) is 3.89. The molecule has 0 radical (unpaired) electrons. The number of hydrogen-bond donors (Lipinski definition) is 2. The van der Waals surface area contributed by atoms with Crippen molar-refractivity contribution in [1.82, 2.24) is 0 Å². The largest absolute Gasteiger partial charge is 0.460 e. The summed E-state index contributed by atoms with van der Waals surface area (Å²) in [6, 6.07) is 0. The van der Waals surface area contributed by atoms with E-state index in [2.05, 4.69) is 17.9 Å². The Kier molecular flexibility index (Phi) is 13.7. The molecule has 0 aromatic carbocycles. The fourth-order valence-corrected chi connectivity index (χ4v) is 0.726.